The first kappa shape index (κ1) is 20.5. The smallest absolute Gasteiger partial charge is 0.317 e. The van der Waals surface area contributed by atoms with E-state index in [1.807, 2.05) is 12.1 Å². The third kappa shape index (κ3) is 4.48. The third-order valence-electron chi connectivity index (χ3n) is 4.10. The zero-order valence-corrected chi connectivity index (χ0v) is 17.5. The number of carbonyl (C=O) groups excluding carboxylic acids is 1. The highest BCUT2D eigenvalue weighted by Gasteiger charge is 2.38. The molecule has 1 aromatic rings. The van der Waals surface area contributed by atoms with Crippen molar-refractivity contribution in [2.24, 2.45) is 5.92 Å². The Balaban J connectivity index is 2.42. The van der Waals surface area contributed by atoms with Gasteiger partial charge in [0, 0.05) is 10.2 Å². The monoisotopic (exact) mass is 442 g/mol. The molecular formula is C18H23BrN2O4S. The molecule has 6 nitrogen and oxygen atoms in total. The lowest BCUT2D eigenvalue weighted by Gasteiger charge is -2.35. The van der Waals surface area contributed by atoms with Crippen LogP contribution in [0.15, 0.2) is 28.9 Å². The summed E-state index contributed by atoms with van der Waals surface area (Å²) < 4.78 is 17.0. The van der Waals surface area contributed by atoms with Gasteiger partial charge in [-0.05, 0) is 36.3 Å². The second-order valence-corrected chi connectivity index (χ2v) is 7.09. The molecule has 2 atom stereocenters. The molecule has 0 aliphatic carbocycles. The second kappa shape index (κ2) is 9.23. The molecule has 1 aliphatic heterocycles. The van der Waals surface area contributed by atoms with Gasteiger partial charge in [0.05, 0.1) is 26.9 Å². The predicted molar refractivity (Wildman–Crippen MR) is 107 cm³/mol. The summed E-state index contributed by atoms with van der Waals surface area (Å²) in [5.41, 5.74) is 1.28. The van der Waals surface area contributed by atoms with Gasteiger partial charge < -0.3 is 24.8 Å². The molecule has 2 rings (SSSR count). The lowest BCUT2D eigenvalue weighted by Crippen LogP contribution is -2.50. The summed E-state index contributed by atoms with van der Waals surface area (Å²) in [6, 6.07) is 3.23. The van der Waals surface area contributed by atoms with Gasteiger partial charge in [-0.25, -0.2) is 0 Å². The molecular weight excluding hydrogens is 420 g/mol. The summed E-state index contributed by atoms with van der Waals surface area (Å²) in [5.74, 6) is 0.178. The maximum atomic E-state index is 12.3. The summed E-state index contributed by atoms with van der Waals surface area (Å²) in [6.45, 7) is 6.63. The van der Waals surface area contributed by atoms with Gasteiger partial charge in [-0.2, -0.15) is 0 Å². The number of benzene rings is 1. The second-order valence-electron chi connectivity index (χ2n) is 5.83. The minimum atomic E-state index is -0.639. The normalized spacial score (nSPS) is 19.4. The van der Waals surface area contributed by atoms with Crippen LogP contribution in [0.3, 0.4) is 0 Å². The molecule has 1 aliphatic rings. The summed E-state index contributed by atoms with van der Waals surface area (Å²) in [7, 11) is 2.93. The Hall–Kier alpha value is -1.80. The molecule has 0 bridgehead atoms. The fourth-order valence-corrected chi connectivity index (χ4v) is 3.56. The number of carbonyl (C=O) groups is 1. The predicted octanol–water partition coefficient (Wildman–Crippen LogP) is 3.46. The van der Waals surface area contributed by atoms with Gasteiger partial charge in [0.2, 0.25) is 0 Å². The Kier molecular flexibility index (Phi) is 7.28. The highest BCUT2D eigenvalue weighted by molar-refractivity contribution is 9.10. The number of nitrogens with one attached hydrogen (secondary N) is 2. The Morgan fingerprint density at radius 3 is 2.69 bits per heavy atom. The number of hydrogen-bond donors (Lipinski definition) is 2. The van der Waals surface area contributed by atoms with Crippen LogP contribution in [-0.2, 0) is 9.53 Å². The van der Waals surface area contributed by atoms with Crippen LogP contribution in [0.5, 0.6) is 11.5 Å². The minimum absolute atomic E-state index is 0.397. The van der Waals surface area contributed by atoms with Crippen molar-refractivity contribution in [2.75, 3.05) is 20.8 Å². The lowest BCUT2D eigenvalue weighted by atomic mass is 9.89. The molecule has 26 heavy (non-hydrogen) atoms. The van der Waals surface area contributed by atoms with Crippen molar-refractivity contribution in [1.82, 2.24) is 10.6 Å². The van der Waals surface area contributed by atoms with E-state index >= 15 is 0 Å². The number of halogens is 1. The van der Waals surface area contributed by atoms with Gasteiger partial charge in [0.15, 0.2) is 16.6 Å². The standard InChI is InChI=1S/C18H23BrN2O4S/c1-5-6-7-25-14-9-12(19)11(8-13(14)23-3)16-15(17(22)24-4)10(2)20-18(26)21-16/h8-9,15-16H,2,5-7H2,1,3-4H3,(H2,20,21,26)/t15-,16+/m0/s1. The molecule has 0 unspecified atom stereocenters. The van der Waals surface area contributed by atoms with Crippen LogP contribution in [0.1, 0.15) is 31.4 Å². The molecule has 0 radical (unpaired) electrons. The van der Waals surface area contributed by atoms with Crippen LogP contribution in [0, 0.1) is 5.92 Å². The van der Waals surface area contributed by atoms with Gasteiger partial charge in [-0.1, -0.05) is 35.9 Å². The van der Waals surface area contributed by atoms with Gasteiger partial charge in [0.25, 0.3) is 0 Å². The van der Waals surface area contributed by atoms with E-state index in [0.29, 0.717) is 28.9 Å². The van der Waals surface area contributed by atoms with Gasteiger partial charge in [0.1, 0.15) is 5.92 Å². The summed E-state index contributed by atoms with van der Waals surface area (Å²) in [6.07, 6.45) is 2.00. The van der Waals surface area contributed by atoms with E-state index in [9.17, 15) is 4.79 Å². The Morgan fingerprint density at radius 1 is 1.35 bits per heavy atom. The molecule has 0 spiro atoms. The maximum absolute atomic E-state index is 12.3. The maximum Gasteiger partial charge on any atom is 0.317 e. The number of hydrogen-bond acceptors (Lipinski definition) is 5. The van der Waals surface area contributed by atoms with Crippen molar-refractivity contribution in [3.05, 3.63) is 34.4 Å². The molecule has 0 amide bonds. The van der Waals surface area contributed by atoms with Crippen molar-refractivity contribution in [3.8, 4) is 11.5 Å². The number of unbranched alkanes of at least 4 members (excludes halogenated alkanes) is 1. The van der Waals surface area contributed by atoms with Crippen LogP contribution >= 0.6 is 28.1 Å². The van der Waals surface area contributed by atoms with Crippen LogP contribution in [0.25, 0.3) is 0 Å². The van der Waals surface area contributed by atoms with Crippen molar-refractivity contribution >= 4 is 39.2 Å². The largest absolute Gasteiger partial charge is 0.493 e. The van der Waals surface area contributed by atoms with E-state index < -0.39 is 17.9 Å². The fourth-order valence-electron chi connectivity index (χ4n) is 2.74. The van der Waals surface area contributed by atoms with Crippen LogP contribution in [0.4, 0.5) is 0 Å². The minimum Gasteiger partial charge on any atom is -0.493 e. The van der Waals surface area contributed by atoms with Crippen molar-refractivity contribution in [1.29, 1.82) is 0 Å². The van der Waals surface area contributed by atoms with Gasteiger partial charge >= 0.3 is 5.97 Å². The Morgan fingerprint density at radius 2 is 2.08 bits per heavy atom. The van der Waals surface area contributed by atoms with Gasteiger partial charge in [-0.15, -0.1) is 0 Å². The summed E-state index contributed by atoms with van der Waals surface area (Å²) >= 11 is 8.80. The van der Waals surface area contributed by atoms with Crippen LogP contribution < -0.4 is 20.1 Å². The molecule has 2 N–H and O–H groups in total. The van der Waals surface area contributed by atoms with Crippen molar-refractivity contribution < 1.29 is 19.0 Å². The number of rotatable bonds is 7. The zero-order valence-electron chi connectivity index (χ0n) is 15.1. The molecule has 1 aromatic carbocycles. The van der Waals surface area contributed by atoms with E-state index in [1.54, 1.807) is 7.11 Å². The Labute approximate surface area is 167 Å². The molecule has 0 aromatic heterocycles. The molecule has 0 saturated carbocycles. The number of ether oxygens (including phenoxy) is 3. The first-order valence-corrected chi connectivity index (χ1v) is 9.47. The average Bonchev–Trinajstić information content (AvgIpc) is 2.61. The SMILES string of the molecule is C=C1NC(=S)N[C@H](c2cc(OC)c(OCCCC)cc2Br)[C@H]1C(=O)OC. The first-order chi connectivity index (χ1) is 12.4. The first-order valence-electron chi connectivity index (χ1n) is 8.27. The fraction of sp³-hybridized carbons (Fsp3) is 0.444. The topological polar surface area (TPSA) is 68.8 Å². The number of methoxy groups -OCH3 is 2. The highest BCUT2D eigenvalue weighted by Crippen LogP contribution is 2.40. The summed E-state index contributed by atoms with van der Waals surface area (Å²) in [5, 5.41) is 6.41. The van der Waals surface area contributed by atoms with Crippen LogP contribution in [-0.4, -0.2) is 31.9 Å². The molecule has 1 heterocycles. The van der Waals surface area contributed by atoms with Crippen molar-refractivity contribution in [3.63, 3.8) is 0 Å². The summed E-state index contributed by atoms with van der Waals surface area (Å²) in [4.78, 5) is 12.3. The van der Waals surface area contributed by atoms with E-state index in [0.717, 1.165) is 22.9 Å². The van der Waals surface area contributed by atoms with E-state index in [4.69, 9.17) is 26.4 Å². The average molecular weight is 443 g/mol. The molecule has 1 saturated heterocycles. The molecule has 8 heteroatoms. The zero-order chi connectivity index (χ0) is 19.3. The number of esters is 1. The van der Waals surface area contributed by atoms with Crippen molar-refractivity contribution in [2.45, 2.75) is 25.8 Å². The van der Waals surface area contributed by atoms with Gasteiger partial charge in [-0.3, -0.25) is 4.79 Å². The molecule has 142 valence electrons. The molecule has 1 fully saturated rings. The lowest BCUT2D eigenvalue weighted by molar-refractivity contribution is -0.145. The third-order valence-corrected chi connectivity index (χ3v) is 5.00. The highest BCUT2D eigenvalue weighted by atomic mass is 79.9. The van der Waals surface area contributed by atoms with Crippen LogP contribution in [0.2, 0.25) is 0 Å². The van der Waals surface area contributed by atoms with E-state index in [1.165, 1.54) is 7.11 Å². The number of thiocarbonyl (C=S) groups is 1. The van der Waals surface area contributed by atoms with E-state index in [2.05, 4.69) is 40.1 Å². The Bertz CT molecular complexity index is 711. The van der Waals surface area contributed by atoms with E-state index in [-0.39, 0.29) is 0 Å². The quantitative estimate of drug-likeness (QED) is 0.380.